The van der Waals surface area contributed by atoms with Gasteiger partial charge in [-0.2, -0.15) is 0 Å². The van der Waals surface area contributed by atoms with Crippen molar-refractivity contribution in [2.75, 3.05) is 7.11 Å². The van der Waals surface area contributed by atoms with E-state index in [0.717, 1.165) is 18.6 Å². The quantitative estimate of drug-likeness (QED) is 0.788. The van der Waals surface area contributed by atoms with Gasteiger partial charge in [-0.25, -0.2) is 0 Å². The van der Waals surface area contributed by atoms with E-state index in [9.17, 15) is 0 Å². The molecule has 0 saturated carbocycles. The number of hydrogen-bond donors (Lipinski definition) is 1. The molecule has 0 aromatic heterocycles. The van der Waals surface area contributed by atoms with E-state index in [1.54, 1.807) is 7.11 Å². The molecule has 16 heavy (non-hydrogen) atoms. The summed E-state index contributed by atoms with van der Waals surface area (Å²) in [5.74, 6) is 0.968. The molecule has 0 radical (unpaired) electrons. The van der Waals surface area contributed by atoms with Crippen LogP contribution in [-0.2, 0) is 12.8 Å². The molecule has 2 heteroatoms. The van der Waals surface area contributed by atoms with Crippen molar-refractivity contribution in [1.82, 2.24) is 0 Å². The summed E-state index contributed by atoms with van der Waals surface area (Å²) in [5.41, 5.74) is 8.72. The molecule has 3 rings (SSSR count). The van der Waals surface area contributed by atoms with Gasteiger partial charge in [0.15, 0.2) is 0 Å². The topological polar surface area (TPSA) is 35.2 Å². The molecule has 1 aliphatic rings. The number of rotatable bonds is 1. The minimum absolute atomic E-state index is 0.217. The van der Waals surface area contributed by atoms with Crippen molar-refractivity contribution in [3.05, 3.63) is 41.5 Å². The van der Waals surface area contributed by atoms with Crippen LogP contribution in [0.1, 0.15) is 11.1 Å². The van der Waals surface area contributed by atoms with Crippen LogP contribution in [0.2, 0.25) is 0 Å². The third-order valence-corrected chi connectivity index (χ3v) is 3.36. The van der Waals surface area contributed by atoms with Crippen molar-refractivity contribution >= 4 is 10.8 Å². The Hall–Kier alpha value is -1.54. The van der Waals surface area contributed by atoms with Crippen LogP contribution in [0.3, 0.4) is 0 Å². The first-order valence-corrected chi connectivity index (χ1v) is 5.62. The van der Waals surface area contributed by atoms with Gasteiger partial charge in [-0.3, -0.25) is 0 Å². The third-order valence-electron chi connectivity index (χ3n) is 3.36. The van der Waals surface area contributed by atoms with E-state index in [-0.39, 0.29) is 6.04 Å². The van der Waals surface area contributed by atoms with Gasteiger partial charge < -0.3 is 10.5 Å². The van der Waals surface area contributed by atoms with E-state index in [4.69, 9.17) is 10.5 Å². The second kappa shape index (κ2) is 3.49. The Morgan fingerprint density at radius 1 is 1.19 bits per heavy atom. The molecule has 2 nitrogen and oxygen atoms in total. The first kappa shape index (κ1) is 9.67. The average molecular weight is 213 g/mol. The average Bonchev–Trinajstić information content (AvgIpc) is 2.29. The molecule has 2 N–H and O–H groups in total. The Kier molecular flexibility index (Phi) is 2.11. The lowest BCUT2D eigenvalue weighted by molar-refractivity contribution is 0.408. The lowest BCUT2D eigenvalue weighted by Gasteiger charge is -2.24. The van der Waals surface area contributed by atoms with Crippen LogP contribution in [0, 0.1) is 0 Å². The standard InChI is InChI=1S/C14H15NO/c1-16-13-6-5-9-3-2-4-10-7-11(15)8-12(13)14(9)10/h2-6,11H,7-8,15H2,1H3/t11-/m0/s1. The van der Waals surface area contributed by atoms with Gasteiger partial charge in [-0.1, -0.05) is 24.3 Å². The Balaban J connectivity index is 2.38. The highest BCUT2D eigenvalue weighted by Crippen LogP contribution is 2.35. The number of hydrogen-bond acceptors (Lipinski definition) is 2. The van der Waals surface area contributed by atoms with Gasteiger partial charge in [0.05, 0.1) is 7.11 Å². The van der Waals surface area contributed by atoms with Crippen LogP contribution in [0.25, 0.3) is 10.8 Å². The lowest BCUT2D eigenvalue weighted by atomic mass is 9.85. The molecule has 1 aliphatic carbocycles. The summed E-state index contributed by atoms with van der Waals surface area (Å²) >= 11 is 0. The largest absolute Gasteiger partial charge is 0.496 e. The predicted octanol–water partition coefficient (Wildman–Crippen LogP) is 2.27. The molecule has 0 saturated heterocycles. The zero-order valence-electron chi connectivity index (χ0n) is 9.36. The summed E-state index contributed by atoms with van der Waals surface area (Å²) in [6.45, 7) is 0. The molecule has 2 aromatic carbocycles. The van der Waals surface area contributed by atoms with Crippen LogP contribution in [0.15, 0.2) is 30.3 Å². The number of methoxy groups -OCH3 is 1. The predicted molar refractivity (Wildman–Crippen MR) is 65.9 cm³/mol. The maximum atomic E-state index is 6.09. The van der Waals surface area contributed by atoms with Crippen molar-refractivity contribution in [1.29, 1.82) is 0 Å². The fraction of sp³-hybridized carbons (Fsp3) is 0.286. The first-order valence-electron chi connectivity index (χ1n) is 5.62. The van der Waals surface area contributed by atoms with Gasteiger partial charge in [-0.05, 0) is 35.2 Å². The normalized spacial score (nSPS) is 18.8. The van der Waals surface area contributed by atoms with Gasteiger partial charge in [-0.15, -0.1) is 0 Å². The van der Waals surface area contributed by atoms with Gasteiger partial charge >= 0.3 is 0 Å². The van der Waals surface area contributed by atoms with Crippen molar-refractivity contribution in [3.8, 4) is 5.75 Å². The van der Waals surface area contributed by atoms with E-state index in [1.165, 1.54) is 21.9 Å². The molecule has 0 aliphatic heterocycles. The number of ether oxygens (including phenoxy) is 1. The second-order valence-electron chi connectivity index (χ2n) is 4.43. The molecule has 0 heterocycles. The molecule has 2 aromatic rings. The molecule has 0 amide bonds. The summed E-state index contributed by atoms with van der Waals surface area (Å²) in [6.07, 6.45) is 1.88. The lowest BCUT2D eigenvalue weighted by Crippen LogP contribution is -2.28. The fourth-order valence-electron chi connectivity index (χ4n) is 2.70. The van der Waals surface area contributed by atoms with Crippen LogP contribution >= 0.6 is 0 Å². The first-order chi connectivity index (χ1) is 7.79. The summed E-state index contributed by atoms with van der Waals surface area (Å²) in [6, 6.07) is 10.8. The summed E-state index contributed by atoms with van der Waals surface area (Å²) in [5, 5.41) is 2.64. The Morgan fingerprint density at radius 2 is 2.06 bits per heavy atom. The van der Waals surface area contributed by atoms with Gasteiger partial charge in [0, 0.05) is 11.6 Å². The van der Waals surface area contributed by atoms with Gasteiger partial charge in [0.2, 0.25) is 0 Å². The molecular formula is C14H15NO. The van der Waals surface area contributed by atoms with Crippen LogP contribution in [-0.4, -0.2) is 13.2 Å². The number of benzene rings is 2. The monoisotopic (exact) mass is 213 g/mol. The molecule has 1 atom stereocenters. The van der Waals surface area contributed by atoms with E-state index in [2.05, 4.69) is 24.3 Å². The van der Waals surface area contributed by atoms with E-state index < -0.39 is 0 Å². The van der Waals surface area contributed by atoms with Crippen LogP contribution in [0.4, 0.5) is 0 Å². The summed E-state index contributed by atoms with van der Waals surface area (Å²) in [7, 11) is 1.72. The third kappa shape index (κ3) is 1.30. The smallest absolute Gasteiger partial charge is 0.122 e. The van der Waals surface area contributed by atoms with Crippen LogP contribution < -0.4 is 10.5 Å². The SMILES string of the molecule is COc1ccc2cccc3c2c1C[C@@H](N)C3. The van der Waals surface area contributed by atoms with Crippen molar-refractivity contribution < 1.29 is 4.74 Å². The van der Waals surface area contributed by atoms with E-state index in [0.29, 0.717) is 0 Å². The van der Waals surface area contributed by atoms with Crippen molar-refractivity contribution in [3.63, 3.8) is 0 Å². The van der Waals surface area contributed by atoms with E-state index >= 15 is 0 Å². The molecule has 0 bridgehead atoms. The van der Waals surface area contributed by atoms with Gasteiger partial charge in [0.25, 0.3) is 0 Å². The zero-order chi connectivity index (χ0) is 11.1. The number of nitrogens with two attached hydrogens (primary N) is 1. The Morgan fingerprint density at radius 3 is 2.88 bits per heavy atom. The maximum Gasteiger partial charge on any atom is 0.122 e. The highest BCUT2D eigenvalue weighted by atomic mass is 16.5. The zero-order valence-corrected chi connectivity index (χ0v) is 9.36. The second-order valence-corrected chi connectivity index (χ2v) is 4.43. The maximum absolute atomic E-state index is 6.09. The highest BCUT2D eigenvalue weighted by Gasteiger charge is 2.20. The molecule has 0 unspecified atom stereocenters. The van der Waals surface area contributed by atoms with Crippen molar-refractivity contribution in [2.45, 2.75) is 18.9 Å². The highest BCUT2D eigenvalue weighted by molar-refractivity contribution is 5.91. The minimum atomic E-state index is 0.217. The molecule has 0 spiro atoms. The molecule has 0 fully saturated rings. The molecular weight excluding hydrogens is 198 g/mol. The van der Waals surface area contributed by atoms with Crippen LogP contribution in [0.5, 0.6) is 5.75 Å². The van der Waals surface area contributed by atoms with Crippen molar-refractivity contribution in [2.24, 2.45) is 5.73 Å². The van der Waals surface area contributed by atoms with Gasteiger partial charge in [0.1, 0.15) is 5.75 Å². The minimum Gasteiger partial charge on any atom is -0.496 e. The Bertz CT molecular complexity index is 548. The summed E-state index contributed by atoms with van der Waals surface area (Å²) < 4.78 is 5.43. The van der Waals surface area contributed by atoms with E-state index in [1.807, 2.05) is 6.07 Å². The summed E-state index contributed by atoms with van der Waals surface area (Å²) in [4.78, 5) is 0. The fourth-order valence-corrected chi connectivity index (χ4v) is 2.70. The molecule has 82 valence electrons. The Labute approximate surface area is 95.0 Å².